The molecule has 1 N–H and O–H groups in total. The summed E-state index contributed by atoms with van der Waals surface area (Å²) in [7, 11) is 3.34. The molecule has 2 aromatic carbocycles. The maximum atomic E-state index is 14.6. The first-order valence-corrected chi connectivity index (χ1v) is 16.4. The van der Waals surface area contributed by atoms with Gasteiger partial charge in [0.15, 0.2) is 0 Å². The zero-order valence-corrected chi connectivity index (χ0v) is 26.3. The standard InChI is InChI=1S/C35H42N2O5S/c1-23-19-26(11-12-29(23)41-2)25-9-7-24(8-10-25)22-37(28-6-4-5-27(20-28)30-21-36-33(42-3)43-30)31(38)34-13-16-35(17-14-34,18-15-34)32(39)40/h4-6,11-12,19-21,24-25H,7-10,13-18,22H2,1-3H3,(H,39,40)/t24-,25-,34?,35?. The van der Waals surface area contributed by atoms with E-state index in [-0.39, 0.29) is 5.91 Å². The minimum atomic E-state index is -0.693. The third kappa shape index (κ3) is 5.66. The average molecular weight is 603 g/mol. The average Bonchev–Trinajstić information content (AvgIpc) is 3.54. The van der Waals surface area contributed by atoms with Crippen LogP contribution in [0.2, 0.25) is 0 Å². The second-order valence-electron chi connectivity index (χ2n) is 13.0. The van der Waals surface area contributed by atoms with Gasteiger partial charge >= 0.3 is 5.97 Å². The molecule has 1 heterocycles. The Labute approximate surface area is 258 Å². The highest BCUT2D eigenvalue weighted by Gasteiger charge is 2.56. The number of fused-ring (bicyclic) bond motifs is 3. The number of nitrogens with zero attached hydrogens (tertiary/aromatic N) is 2. The van der Waals surface area contributed by atoms with Crippen LogP contribution in [0.1, 0.15) is 81.3 Å². The zero-order valence-electron chi connectivity index (χ0n) is 25.4. The smallest absolute Gasteiger partial charge is 0.309 e. The highest BCUT2D eigenvalue weighted by molar-refractivity contribution is 7.16. The number of methoxy groups -OCH3 is 2. The molecule has 4 saturated carbocycles. The van der Waals surface area contributed by atoms with Crippen molar-refractivity contribution in [1.82, 2.24) is 4.98 Å². The van der Waals surface area contributed by atoms with Crippen molar-refractivity contribution in [2.75, 3.05) is 25.7 Å². The van der Waals surface area contributed by atoms with Crippen LogP contribution in [0.25, 0.3) is 10.4 Å². The van der Waals surface area contributed by atoms with E-state index in [1.807, 2.05) is 12.3 Å². The Morgan fingerprint density at radius 2 is 1.65 bits per heavy atom. The quantitative estimate of drug-likeness (QED) is 0.268. The largest absolute Gasteiger partial charge is 0.496 e. The number of carbonyl (C=O) groups excluding carboxylic acids is 1. The van der Waals surface area contributed by atoms with Gasteiger partial charge in [-0.25, -0.2) is 4.98 Å². The van der Waals surface area contributed by atoms with E-state index in [0.717, 1.165) is 47.6 Å². The van der Waals surface area contributed by atoms with Crippen LogP contribution in [0, 0.1) is 23.7 Å². The fraction of sp³-hybridized carbons (Fsp3) is 0.514. The van der Waals surface area contributed by atoms with Crippen molar-refractivity contribution < 1.29 is 24.2 Å². The molecule has 228 valence electrons. The number of ether oxygens (including phenoxy) is 2. The molecule has 0 atom stereocenters. The Morgan fingerprint density at radius 3 is 2.26 bits per heavy atom. The number of aromatic nitrogens is 1. The van der Waals surface area contributed by atoms with Gasteiger partial charge in [-0.15, -0.1) is 0 Å². The van der Waals surface area contributed by atoms with Crippen molar-refractivity contribution in [3.63, 3.8) is 0 Å². The lowest BCUT2D eigenvalue weighted by Crippen LogP contribution is -2.54. The van der Waals surface area contributed by atoms with Gasteiger partial charge in [0.2, 0.25) is 5.91 Å². The van der Waals surface area contributed by atoms with Crippen molar-refractivity contribution in [3.05, 3.63) is 59.8 Å². The lowest BCUT2D eigenvalue weighted by Gasteiger charge is -2.51. The third-order valence-electron chi connectivity index (χ3n) is 10.7. The number of aryl methyl sites for hydroxylation is 1. The van der Waals surface area contributed by atoms with Crippen LogP contribution < -0.4 is 14.4 Å². The molecule has 8 heteroatoms. The molecule has 1 aromatic heterocycles. The van der Waals surface area contributed by atoms with Crippen LogP contribution in [0.5, 0.6) is 10.9 Å². The summed E-state index contributed by atoms with van der Waals surface area (Å²) < 4.78 is 10.8. The molecular weight excluding hydrogens is 560 g/mol. The van der Waals surface area contributed by atoms with Gasteiger partial charge in [-0.3, -0.25) is 9.59 Å². The minimum absolute atomic E-state index is 0.179. The molecule has 0 aliphatic heterocycles. The number of amides is 1. The number of carboxylic acids is 1. The van der Waals surface area contributed by atoms with E-state index in [9.17, 15) is 14.7 Å². The first kappa shape index (κ1) is 29.7. The number of anilines is 1. The second kappa shape index (κ2) is 11.9. The summed E-state index contributed by atoms with van der Waals surface area (Å²) in [5, 5.41) is 10.5. The Morgan fingerprint density at radius 1 is 0.953 bits per heavy atom. The monoisotopic (exact) mass is 602 g/mol. The summed E-state index contributed by atoms with van der Waals surface area (Å²) in [5.41, 5.74) is 3.36. The zero-order chi connectivity index (χ0) is 30.2. The molecule has 4 fully saturated rings. The number of carboxylic acid groups (broad SMARTS) is 1. The van der Waals surface area contributed by atoms with Crippen LogP contribution in [0.15, 0.2) is 48.7 Å². The molecule has 0 unspecified atom stereocenters. The first-order chi connectivity index (χ1) is 20.8. The molecule has 0 saturated heterocycles. The predicted molar refractivity (Wildman–Crippen MR) is 169 cm³/mol. The highest BCUT2D eigenvalue weighted by atomic mass is 32.1. The molecule has 7 rings (SSSR count). The van der Waals surface area contributed by atoms with Crippen molar-refractivity contribution in [3.8, 4) is 21.4 Å². The molecular formula is C35H42N2O5S. The summed E-state index contributed by atoms with van der Waals surface area (Å²) in [4.78, 5) is 34.1. The fourth-order valence-corrected chi connectivity index (χ4v) is 8.55. The van der Waals surface area contributed by atoms with Gasteiger partial charge in [-0.05, 0) is 118 Å². The molecule has 1 amide bonds. The predicted octanol–water partition coefficient (Wildman–Crippen LogP) is 7.87. The van der Waals surface area contributed by atoms with Crippen LogP contribution >= 0.6 is 11.3 Å². The maximum absolute atomic E-state index is 14.6. The maximum Gasteiger partial charge on any atom is 0.309 e. The highest BCUT2D eigenvalue weighted by Crippen LogP contribution is 2.58. The van der Waals surface area contributed by atoms with E-state index in [1.165, 1.54) is 22.5 Å². The number of carbonyl (C=O) groups is 2. The van der Waals surface area contributed by atoms with Crippen LogP contribution in [0.3, 0.4) is 0 Å². The van der Waals surface area contributed by atoms with Crippen LogP contribution in [-0.4, -0.2) is 42.7 Å². The molecule has 4 aliphatic rings. The number of hydrogen-bond acceptors (Lipinski definition) is 6. The van der Waals surface area contributed by atoms with Crippen molar-refractivity contribution >= 4 is 28.9 Å². The summed E-state index contributed by atoms with van der Waals surface area (Å²) >= 11 is 1.49. The number of hydrogen-bond donors (Lipinski definition) is 1. The number of benzene rings is 2. The van der Waals surface area contributed by atoms with Gasteiger partial charge in [0.05, 0.1) is 24.5 Å². The molecule has 2 bridgehead atoms. The first-order valence-electron chi connectivity index (χ1n) is 15.6. The molecule has 0 spiro atoms. The Bertz CT molecular complexity index is 1470. The van der Waals surface area contributed by atoms with Gasteiger partial charge in [-0.1, -0.05) is 35.6 Å². The van der Waals surface area contributed by atoms with Gasteiger partial charge in [0.1, 0.15) is 5.75 Å². The van der Waals surface area contributed by atoms with E-state index in [2.05, 4.69) is 53.2 Å². The van der Waals surface area contributed by atoms with Gasteiger partial charge < -0.3 is 19.5 Å². The second-order valence-corrected chi connectivity index (χ2v) is 14.0. The van der Waals surface area contributed by atoms with E-state index in [1.54, 1.807) is 14.2 Å². The van der Waals surface area contributed by atoms with Crippen molar-refractivity contribution in [2.24, 2.45) is 16.7 Å². The lowest BCUT2D eigenvalue weighted by atomic mass is 9.53. The normalized spacial score (nSPS) is 26.6. The third-order valence-corrected chi connectivity index (χ3v) is 11.7. The van der Waals surface area contributed by atoms with E-state index in [0.29, 0.717) is 62.1 Å². The fourth-order valence-electron chi connectivity index (χ4n) is 7.82. The van der Waals surface area contributed by atoms with Gasteiger partial charge in [0, 0.05) is 23.8 Å². The van der Waals surface area contributed by atoms with Crippen molar-refractivity contribution in [2.45, 2.75) is 77.0 Å². The topological polar surface area (TPSA) is 89.0 Å². The molecule has 43 heavy (non-hydrogen) atoms. The van der Waals surface area contributed by atoms with Gasteiger partial charge in [0.25, 0.3) is 5.19 Å². The summed E-state index contributed by atoms with van der Waals surface area (Å²) in [6, 6.07) is 14.8. The van der Waals surface area contributed by atoms with Crippen molar-refractivity contribution in [1.29, 1.82) is 0 Å². The minimum Gasteiger partial charge on any atom is -0.496 e. The Kier molecular flexibility index (Phi) is 8.24. The summed E-state index contributed by atoms with van der Waals surface area (Å²) in [6.45, 7) is 2.79. The molecule has 3 aromatic rings. The van der Waals surface area contributed by atoms with Crippen LogP contribution in [0.4, 0.5) is 5.69 Å². The lowest BCUT2D eigenvalue weighted by molar-refractivity contribution is -0.162. The van der Waals surface area contributed by atoms with E-state index < -0.39 is 16.8 Å². The Hall–Kier alpha value is -3.39. The number of aliphatic carboxylic acids is 1. The SMILES string of the molecule is COc1ncc(-c2cccc(N(C[C@H]3CC[C@H](c4ccc(OC)c(C)c4)CC3)C(=O)C34CCC(C(=O)O)(CC3)CC4)c2)s1. The van der Waals surface area contributed by atoms with E-state index >= 15 is 0 Å². The molecule has 0 radical (unpaired) electrons. The molecule has 4 aliphatic carbocycles. The summed E-state index contributed by atoms with van der Waals surface area (Å²) in [5.74, 6) is 1.35. The van der Waals surface area contributed by atoms with Crippen LogP contribution in [-0.2, 0) is 9.59 Å². The van der Waals surface area contributed by atoms with E-state index in [4.69, 9.17) is 9.47 Å². The number of rotatable bonds is 9. The van der Waals surface area contributed by atoms with Gasteiger partial charge in [-0.2, -0.15) is 0 Å². The Balaban J connectivity index is 1.24. The molecule has 7 nitrogen and oxygen atoms in total. The number of thiazole rings is 1. The summed E-state index contributed by atoms with van der Waals surface area (Å²) in [6.07, 6.45) is 9.91.